The van der Waals surface area contributed by atoms with Crippen molar-refractivity contribution in [2.45, 2.75) is 31.0 Å². The Morgan fingerprint density at radius 2 is 1.71 bits per heavy atom. The van der Waals surface area contributed by atoms with Crippen molar-refractivity contribution in [1.82, 2.24) is 19.9 Å². The molecule has 2 aromatic heterocycles. The molecule has 0 saturated carbocycles. The van der Waals surface area contributed by atoms with Gasteiger partial charge in [-0.3, -0.25) is 9.88 Å². The third-order valence-electron chi connectivity index (χ3n) is 6.77. The van der Waals surface area contributed by atoms with E-state index >= 15 is 0 Å². The molecule has 0 radical (unpaired) electrons. The van der Waals surface area contributed by atoms with Crippen LogP contribution in [-0.2, 0) is 4.74 Å². The number of pyridine rings is 1. The van der Waals surface area contributed by atoms with E-state index in [-0.39, 0.29) is 6.10 Å². The minimum Gasteiger partial charge on any atom is -0.490 e. The molecular weight excluding hydrogens is 440 g/mol. The van der Waals surface area contributed by atoms with Crippen LogP contribution in [0.3, 0.4) is 0 Å². The molecule has 6 rings (SSSR count). The fraction of sp³-hybridized carbons (Fsp3) is 0.296. The number of likely N-dealkylation sites (N-methyl/N-ethyl adjacent to an activating group) is 1. The molecule has 2 saturated heterocycles. The molecule has 2 N–H and O–H groups in total. The van der Waals surface area contributed by atoms with Gasteiger partial charge in [-0.05, 0) is 49.5 Å². The first-order chi connectivity index (χ1) is 17.2. The number of hydrogen-bond donors (Lipinski definition) is 2. The van der Waals surface area contributed by atoms with Crippen molar-refractivity contribution in [1.29, 1.82) is 0 Å². The summed E-state index contributed by atoms with van der Waals surface area (Å²) in [4.78, 5) is 15.9. The van der Waals surface area contributed by atoms with Crippen molar-refractivity contribution in [3.05, 3.63) is 73.1 Å². The van der Waals surface area contributed by atoms with Crippen molar-refractivity contribution in [2.75, 3.05) is 30.9 Å². The lowest BCUT2D eigenvalue weighted by molar-refractivity contribution is -0.0879. The van der Waals surface area contributed by atoms with Gasteiger partial charge in [0.25, 0.3) is 0 Å². The lowest BCUT2D eigenvalue weighted by Gasteiger charge is -2.46. The zero-order chi connectivity index (χ0) is 23.6. The van der Waals surface area contributed by atoms with Crippen LogP contribution < -0.4 is 15.4 Å². The summed E-state index contributed by atoms with van der Waals surface area (Å²) >= 11 is 0. The van der Waals surface area contributed by atoms with Gasteiger partial charge < -0.3 is 20.1 Å². The van der Waals surface area contributed by atoms with Crippen molar-refractivity contribution < 1.29 is 9.47 Å². The summed E-state index contributed by atoms with van der Waals surface area (Å²) in [6.07, 6.45) is 5.74. The van der Waals surface area contributed by atoms with E-state index in [1.54, 1.807) is 12.4 Å². The predicted octanol–water partition coefficient (Wildman–Crippen LogP) is 4.75. The van der Waals surface area contributed by atoms with Gasteiger partial charge in [0.05, 0.1) is 30.6 Å². The number of aromatic nitrogens is 3. The molecule has 8 nitrogen and oxygen atoms in total. The van der Waals surface area contributed by atoms with Crippen LogP contribution in [0, 0.1) is 0 Å². The van der Waals surface area contributed by atoms with Crippen LogP contribution in [-0.4, -0.2) is 58.3 Å². The number of nitrogens with one attached hydrogen (secondary N) is 2. The number of benzene rings is 2. The summed E-state index contributed by atoms with van der Waals surface area (Å²) in [5.74, 6) is 2.08. The molecule has 2 fully saturated rings. The van der Waals surface area contributed by atoms with Gasteiger partial charge in [-0.25, -0.2) is 4.98 Å². The van der Waals surface area contributed by atoms with Crippen LogP contribution in [0.2, 0.25) is 0 Å². The summed E-state index contributed by atoms with van der Waals surface area (Å²) in [5, 5.41) is 7.66. The molecule has 2 aliphatic rings. The number of morpholine rings is 1. The van der Waals surface area contributed by atoms with Gasteiger partial charge in [0.1, 0.15) is 17.7 Å². The van der Waals surface area contributed by atoms with Gasteiger partial charge >= 0.3 is 0 Å². The van der Waals surface area contributed by atoms with E-state index in [0.29, 0.717) is 23.8 Å². The first kappa shape index (κ1) is 21.8. The normalized spacial score (nSPS) is 22.0. The minimum absolute atomic E-state index is 0.222. The van der Waals surface area contributed by atoms with E-state index in [0.717, 1.165) is 54.1 Å². The lowest BCUT2D eigenvalue weighted by atomic mass is 9.92. The summed E-state index contributed by atoms with van der Waals surface area (Å²) < 4.78 is 12.0. The maximum Gasteiger partial charge on any atom is 0.229 e. The topological polar surface area (TPSA) is 84.4 Å². The second-order valence-corrected chi connectivity index (χ2v) is 9.18. The molecule has 35 heavy (non-hydrogen) atoms. The van der Waals surface area contributed by atoms with Crippen LogP contribution >= 0.6 is 0 Å². The monoisotopic (exact) mass is 468 g/mol. The highest BCUT2D eigenvalue weighted by molar-refractivity contribution is 5.82. The van der Waals surface area contributed by atoms with Crippen LogP contribution in [0.5, 0.6) is 5.75 Å². The van der Waals surface area contributed by atoms with Crippen LogP contribution in [0.4, 0.5) is 23.1 Å². The highest BCUT2D eigenvalue weighted by Gasteiger charge is 2.37. The van der Waals surface area contributed by atoms with E-state index in [2.05, 4.69) is 43.6 Å². The molecule has 2 bridgehead atoms. The zero-order valence-corrected chi connectivity index (χ0v) is 19.6. The lowest BCUT2D eigenvalue weighted by Crippen LogP contribution is -2.57. The molecule has 2 aliphatic heterocycles. The van der Waals surface area contributed by atoms with Gasteiger partial charge in [0.15, 0.2) is 0 Å². The summed E-state index contributed by atoms with van der Waals surface area (Å²) in [6, 6.07) is 20.8. The number of anilines is 4. The van der Waals surface area contributed by atoms with E-state index in [4.69, 9.17) is 9.47 Å². The molecule has 2 atom stereocenters. The van der Waals surface area contributed by atoms with E-state index < -0.39 is 0 Å². The molecule has 8 heteroatoms. The minimum atomic E-state index is 0.222. The van der Waals surface area contributed by atoms with E-state index in [9.17, 15) is 0 Å². The standard InChI is InChI=1S/C27H28N6O2/c1-33-21-13-24(14-22(33)17-34-16-21)35-23-8-6-19(7-9-23)31-27-28-11-10-26(32-27)30-20-12-18-4-2-3-5-25(18)29-15-20/h2-12,15,21-22,24H,13-14,16-17H2,1H3,(H2,28,30,31,32). The first-order valence-corrected chi connectivity index (χ1v) is 12.0. The maximum atomic E-state index is 6.30. The number of fused-ring (bicyclic) bond motifs is 3. The average Bonchev–Trinajstić information content (AvgIpc) is 2.86. The Morgan fingerprint density at radius 1 is 0.914 bits per heavy atom. The highest BCUT2D eigenvalue weighted by Crippen LogP contribution is 2.30. The quantitative estimate of drug-likeness (QED) is 0.419. The molecule has 0 aliphatic carbocycles. The Morgan fingerprint density at radius 3 is 2.54 bits per heavy atom. The van der Waals surface area contributed by atoms with Crippen molar-refractivity contribution >= 4 is 34.0 Å². The second-order valence-electron chi connectivity index (χ2n) is 9.18. The van der Waals surface area contributed by atoms with Gasteiger partial charge in [-0.15, -0.1) is 0 Å². The third kappa shape index (κ3) is 4.89. The Labute approximate surface area is 204 Å². The highest BCUT2D eigenvalue weighted by atomic mass is 16.5. The Hall–Kier alpha value is -3.75. The largest absolute Gasteiger partial charge is 0.490 e. The van der Waals surface area contributed by atoms with Crippen molar-refractivity contribution in [3.8, 4) is 5.75 Å². The number of nitrogens with zero attached hydrogens (tertiary/aromatic N) is 4. The van der Waals surface area contributed by atoms with Gasteiger partial charge in [0.2, 0.25) is 5.95 Å². The first-order valence-electron chi connectivity index (χ1n) is 12.0. The number of hydrogen-bond acceptors (Lipinski definition) is 8. The van der Waals surface area contributed by atoms with Crippen LogP contribution in [0.15, 0.2) is 73.1 Å². The average molecular weight is 469 g/mol. The van der Waals surface area contributed by atoms with Crippen LogP contribution in [0.1, 0.15) is 12.8 Å². The van der Waals surface area contributed by atoms with Crippen molar-refractivity contribution in [2.24, 2.45) is 0 Å². The van der Waals surface area contributed by atoms with Gasteiger partial charge in [0, 0.05) is 42.2 Å². The SMILES string of the molecule is CN1C2COCC1CC(Oc1ccc(Nc3nccc(Nc4cnc5ccccc5c4)n3)cc1)C2. The summed E-state index contributed by atoms with van der Waals surface area (Å²) in [5.41, 5.74) is 2.73. The Balaban J connectivity index is 1.09. The molecule has 178 valence electrons. The molecule has 2 aromatic carbocycles. The third-order valence-corrected chi connectivity index (χ3v) is 6.77. The zero-order valence-electron chi connectivity index (χ0n) is 19.6. The maximum absolute atomic E-state index is 6.30. The number of para-hydroxylation sites is 1. The van der Waals surface area contributed by atoms with E-state index in [1.165, 1.54) is 0 Å². The molecule has 2 unspecified atom stereocenters. The molecular formula is C27H28N6O2. The molecule has 0 spiro atoms. The smallest absolute Gasteiger partial charge is 0.229 e. The second kappa shape index (κ2) is 9.48. The van der Waals surface area contributed by atoms with Crippen LogP contribution in [0.25, 0.3) is 10.9 Å². The summed E-state index contributed by atoms with van der Waals surface area (Å²) in [7, 11) is 2.19. The van der Waals surface area contributed by atoms with Gasteiger partial charge in [-0.2, -0.15) is 4.98 Å². The van der Waals surface area contributed by atoms with E-state index in [1.807, 2.05) is 54.6 Å². The number of piperidine rings is 1. The predicted molar refractivity (Wildman–Crippen MR) is 137 cm³/mol. The number of ether oxygens (including phenoxy) is 2. The molecule has 4 aromatic rings. The Bertz CT molecular complexity index is 1300. The molecule has 0 amide bonds. The number of rotatable bonds is 6. The molecule has 4 heterocycles. The Kier molecular flexibility index (Phi) is 5.89. The fourth-order valence-electron chi connectivity index (χ4n) is 4.86. The van der Waals surface area contributed by atoms with Gasteiger partial charge in [-0.1, -0.05) is 18.2 Å². The van der Waals surface area contributed by atoms with Crippen molar-refractivity contribution in [3.63, 3.8) is 0 Å². The summed E-state index contributed by atoms with van der Waals surface area (Å²) in [6.45, 7) is 1.59. The fourth-order valence-corrected chi connectivity index (χ4v) is 4.86.